The van der Waals surface area contributed by atoms with Crippen molar-refractivity contribution in [2.45, 2.75) is 13.8 Å². The molecule has 0 N–H and O–H groups in total. The van der Waals surface area contributed by atoms with Gasteiger partial charge in [-0.1, -0.05) is 11.3 Å². The number of rotatable bonds is 3. The highest BCUT2D eigenvalue weighted by atomic mass is 32.1. The summed E-state index contributed by atoms with van der Waals surface area (Å²) in [4.78, 5) is 10.2. The molecule has 1 fully saturated rings. The summed E-state index contributed by atoms with van der Waals surface area (Å²) in [6.07, 6.45) is 0. The Labute approximate surface area is 136 Å². The molecule has 0 atom stereocenters. The van der Waals surface area contributed by atoms with Gasteiger partial charge in [0.2, 0.25) is 5.69 Å². The lowest BCUT2D eigenvalue weighted by atomic mass is 10.4. The normalized spacial score (nSPS) is 15.4. The summed E-state index contributed by atoms with van der Waals surface area (Å²) in [5.41, 5.74) is 2.02. The van der Waals surface area contributed by atoms with E-state index in [4.69, 9.17) is 11.3 Å². The van der Waals surface area contributed by atoms with E-state index in [1.54, 1.807) is 6.92 Å². The van der Waals surface area contributed by atoms with Gasteiger partial charge in [-0.25, -0.2) is 14.2 Å². The lowest BCUT2D eigenvalue weighted by molar-refractivity contribution is 0.122. The molecule has 0 spiro atoms. The van der Waals surface area contributed by atoms with Crippen LogP contribution in [0.4, 0.5) is 20.8 Å². The van der Waals surface area contributed by atoms with Crippen LogP contribution in [0, 0.1) is 20.4 Å². The Bertz CT molecular complexity index is 738. The molecule has 0 aliphatic carbocycles. The van der Waals surface area contributed by atoms with Crippen LogP contribution < -0.4 is 4.90 Å². The Kier molecular flexibility index (Phi) is 4.42. The topological polar surface area (TPSA) is 67.3 Å². The van der Waals surface area contributed by atoms with E-state index in [0.29, 0.717) is 16.4 Å². The zero-order valence-corrected chi connectivity index (χ0v) is 13.9. The number of thiazole rings is 1. The molecule has 9 heteroatoms. The molecule has 3 heterocycles. The zero-order valence-electron chi connectivity index (χ0n) is 12.2. The monoisotopic (exact) mass is 334 g/mol. The second-order valence-corrected chi connectivity index (χ2v) is 6.43. The van der Waals surface area contributed by atoms with Gasteiger partial charge < -0.3 is 9.64 Å². The minimum Gasteiger partial charge on any atom is -0.378 e. The van der Waals surface area contributed by atoms with Crippen molar-refractivity contribution in [3.8, 4) is 0 Å². The van der Waals surface area contributed by atoms with Crippen LogP contribution in [0.25, 0.3) is 4.85 Å². The van der Waals surface area contributed by atoms with E-state index < -0.39 is 0 Å². The fourth-order valence-electron chi connectivity index (χ4n) is 2.00. The number of morpholine rings is 1. The Balaban J connectivity index is 1.82. The largest absolute Gasteiger partial charge is 0.378 e. The lowest BCUT2D eigenvalue weighted by Gasteiger charge is -2.25. The van der Waals surface area contributed by atoms with Crippen LogP contribution in [0.1, 0.15) is 11.4 Å². The molecule has 1 saturated heterocycles. The van der Waals surface area contributed by atoms with Crippen LogP contribution in [0.5, 0.6) is 0 Å². The van der Waals surface area contributed by atoms with Gasteiger partial charge in [0.05, 0.1) is 31.2 Å². The maximum atomic E-state index is 7.17. The molecular weight excluding hydrogens is 320 g/mol. The Morgan fingerprint density at radius 1 is 1.18 bits per heavy atom. The number of azo groups is 1. The molecule has 0 bridgehead atoms. The van der Waals surface area contributed by atoms with Crippen LogP contribution in [0.15, 0.2) is 10.2 Å². The summed E-state index contributed by atoms with van der Waals surface area (Å²) >= 11 is 2.70. The van der Waals surface area contributed by atoms with Crippen molar-refractivity contribution < 1.29 is 4.74 Å². The van der Waals surface area contributed by atoms with E-state index in [2.05, 4.69) is 29.3 Å². The summed E-state index contributed by atoms with van der Waals surface area (Å²) in [6.45, 7) is 14.0. The first-order valence-corrected chi connectivity index (χ1v) is 8.33. The molecule has 114 valence electrons. The van der Waals surface area contributed by atoms with E-state index in [9.17, 15) is 0 Å². The van der Waals surface area contributed by atoms with E-state index in [0.717, 1.165) is 42.1 Å². The van der Waals surface area contributed by atoms with Gasteiger partial charge in [-0.05, 0) is 25.4 Å². The molecule has 7 nitrogen and oxygen atoms in total. The first-order valence-electron chi connectivity index (χ1n) is 6.74. The fraction of sp³-hybridized carbons (Fsp3) is 0.462. The summed E-state index contributed by atoms with van der Waals surface area (Å²) in [6, 6.07) is 0. The van der Waals surface area contributed by atoms with Gasteiger partial charge in [-0.3, -0.25) is 0 Å². The van der Waals surface area contributed by atoms with Gasteiger partial charge in [0.25, 0.3) is 0 Å². The molecule has 0 saturated carbocycles. The summed E-state index contributed by atoms with van der Waals surface area (Å²) < 4.78 is 9.49. The number of nitrogens with zero attached hydrogens (tertiary/aromatic N) is 6. The predicted octanol–water partition coefficient (Wildman–Crippen LogP) is 4.02. The molecule has 0 radical (unpaired) electrons. The van der Waals surface area contributed by atoms with Crippen molar-refractivity contribution in [3.63, 3.8) is 0 Å². The molecule has 2 aromatic rings. The van der Waals surface area contributed by atoms with E-state index in [-0.39, 0.29) is 0 Å². The maximum absolute atomic E-state index is 7.17. The number of ether oxygens (including phenoxy) is 1. The Hall–Kier alpha value is -1.89. The van der Waals surface area contributed by atoms with Crippen molar-refractivity contribution in [3.05, 3.63) is 22.8 Å². The van der Waals surface area contributed by atoms with Crippen LogP contribution in [-0.4, -0.2) is 35.7 Å². The summed E-state index contributed by atoms with van der Waals surface area (Å²) in [5, 5.41) is 10.7. The highest BCUT2D eigenvalue weighted by Crippen LogP contribution is 2.39. The van der Waals surface area contributed by atoms with E-state index >= 15 is 0 Å². The van der Waals surface area contributed by atoms with Crippen molar-refractivity contribution in [2.24, 2.45) is 10.2 Å². The van der Waals surface area contributed by atoms with Crippen molar-refractivity contribution in [2.75, 3.05) is 31.2 Å². The molecule has 2 aromatic heterocycles. The van der Waals surface area contributed by atoms with Gasteiger partial charge in [-0.2, -0.15) is 0 Å². The molecule has 0 aromatic carbocycles. The fourth-order valence-corrected chi connectivity index (χ4v) is 3.60. The number of aryl methyl sites for hydroxylation is 2. The molecular formula is C13H14N6OS2. The quantitative estimate of drug-likeness (QED) is 0.628. The highest BCUT2D eigenvalue weighted by Gasteiger charge is 2.17. The van der Waals surface area contributed by atoms with E-state index in [1.807, 2.05) is 6.92 Å². The van der Waals surface area contributed by atoms with Crippen molar-refractivity contribution in [1.82, 2.24) is 9.36 Å². The van der Waals surface area contributed by atoms with Crippen LogP contribution in [-0.2, 0) is 4.74 Å². The van der Waals surface area contributed by atoms with Crippen LogP contribution in [0.2, 0.25) is 0 Å². The first-order chi connectivity index (χ1) is 10.7. The third-order valence-corrected chi connectivity index (χ3v) is 5.12. The number of aromatic nitrogens is 2. The minimum atomic E-state index is 0.476. The van der Waals surface area contributed by atoms with Gasteiger partial charge in [-0.15, -0.1) is 10.2 Å². The minimum absolute atomic E-state index is 0.476. The van der Waals surface area contributed by atoms with Gasteiger partial charge in [0.15, 0.2) is 15.1 Å². The highest BCUT2D eigenvalue weighted by molar-refractivity contribution is 7.19. The number of hydrogen-bond donors (Lipinski definition) is 0. The average Bonchev–Trinajstić information content (AvgIpc) is 3.09. The molecule has 1 aliphatic rings. The Morgan fingerprint density at radius 2 is 1.91 bits per heavy atom. The second kappa shape index (κ2) is 6.48. The van der Waals surface area contributed by atoms with Crippen molar-refractivity contribution >= 4 is 43.7 Å². The summed E-state index contributed by atoms with van der Waals surface area (Å²) in [7, 11) is 0. The average molecular weight is 334 g/mol. The third-order valence-electron chi connectivity index (χ3n) is 3.20. The van der Waals surface area contributed by atoms with Gasteiger partial charge in [0, 0.05) is 13.1 Å². The molecule has 1 aliphatic heterocycles. The number of anilines is 1. The van der Waals surface area contributed by atoms with E-state index in [1.165, 1.54) is 22.9 Å². The zero-order chi connectivity index (χ0) is 15.5. The third kappa shape index (κ3) is 2.99. The number of hydrogen-bond acceptors (Lipinski definition) is 8. The predicted molar refractivity (Wildman–Crippen MR) is 87.2 cm³/mol. The first kappa shape index (κ1) is 15.0. The molecule has 22 heavy (non-hydrogen) atoms. The SMILES string of the molecule is [C-]#[N+]c1c(C)nsc1N=Nc1sc(N2CCOCC2)nc1C. The van der Waals surface area contributed by atoms with Gasteiger partial charge in [0.1, 0.15) is 0 Å². The standard InChI is InChI=1S/C13H14N6OS2/c1-8-10(14-3)12(22-18-8)17-16-11-9(2)15-13(21-11)19-4-6-20-7-5-19/h4-7H2,1-2H3. The summed E-state index contributed by atoms with van der Waals surface area (Å²) in [5.74, 6) is 0. The molecule has 3 rings (SSSR count). The van der Waals surface area contributed by atoms with Gasteiger partial charge >= 0.3 is 0 Å². The van der Waals surface area contributed by atoms with Crippen molar-refractivity contribution in [1.29, 1.82) is 0 Å². The molecule has 0 amide bonds. The van der Waals surface area contributed by atoms with Crippen LogP contribution in [0.3, 0.4) is 0 Å². The second-order valence-electron chi connectivity index (χ2n) is 4.72. The Morgan fingerprint density at radius 3 is 2.64 bits per heavy atom. The smallest absolute Gasteiger partial charge is 0.247 e. The van der Waals surface area contributed by atoms with Crippen LogP contribution >= 0.6 is 22.9 Å². The molecule has 0 unspecified atom stereocenters. The lowest BCUT2D eigenvalue weighted by Crippen LogP contribution is -2.36. The maximum Gasteiger partial charge on any atom is 0.247 e.